The molecule has 1 saturated heterocycles. The van der Waals surface area contributed by atoms with Crippen LogP contribution in [0.1, 0.15) is 30.7 Å². The van der Waals surface area contributed by atoms with Crippen LogP contribution in [0.25, 0.3) is 0 Å². The number of halogens is 1. The maximum absolute atomic E-state index is 6.14. The van der Waals surface area contributed by atoms with Gasteiger partial charge in [-0.25, -0.2) is 9.97 Å². The first-order chi connectivity index (χ1) is 8.15. The van der Waals surface area contributed by atoms with Gasteiger partial charge in [0.05, 0.1) is 0 Å². The lowest BCUT2D eigenvalue weighted by Gasteiger charge is -2.21. The molecule has 0 amide bonds. The van der Waals surface area contributed by atoms with Crippen LogP contribution in [-0.2, 0) is 0 Å². The van der Waals surface area contributed by atoms with E-state index in [1.165, 1.54) is 19.3 Å². The third kappa shape index (κ3) is 1.90. The molecule has 2 fully saturated rings. The van der Waals surface area contributed by atoms with Crippen LogP contribution in [0, 0.1) is 25.7 Å². The third-order valence-corrected chi connectivity index (χ3v) is 4.57. The molecule has 2 atom stereocenters. The third-order valence-electron chi connectivity index (χ3n) is 4.20. The van der Waals surface area contributed by atoms with Crippen molar-refractivity contribution >= 4 is 17.4 Å². The molecule has 3 rings (SSSR count). The lowest BCUT2D eigenvalue weighted by Crippen LogP contribution is -2.23. The number of fused-ring (bicyclic) bond motifs is 1. The Balaban J connectivity index is 1.90. The summed E-state index contributed by atoms with van der Waals surface area (Å²) in [4.78, 5) is 11.2. The molecule has 1 aromatic rings. The highest BCUT2D eigenvalue weighted by Crippen LogP contribution is 2.40. The Hall–Kier alpha value is -0.830. The van der Waals surface area contributed by atoms with Crippen molar-refractivity contribution in [3.05, 3.63) is 16.5 Å². The molecule has 0 radical (unpaired) electrons. The van der Waals surface area contributed by atoms with E-state index in [1.54, 1.807) is 0 Å². The van der Waals surface area contributed by atoms with Crippen molar-refractivity contribution in [2.24, 2.45) is 11.8 Å². The van der Waals surface area contributed by atoms with E-state index >= 15 is 0 Å². The van der Waals surface area contributed by atoms with Gasteiger partial charge in [0.25, 0.3) is 0 Å². The Kier molecular flexibility index (Phi) is 2.74. The summed E-state index contributed by atoms with van der Waals surface area (Å²) >= 11 is 6.14. The maximum atomic E-state index is 6.14. The van der Waals surface area contributed by atoms with E-state index in [0.717, 1.165) is 42.1 Å². The van der Waals surface area contributed by atoms with Gasteiger partial charge in [0, 0.05) is 18.7 Å². The monoisotopic (exact) mass is 251 g/mol. The molecule has 0 N–H and O–H groups in total. The first-order valence-electron chi connectivity index (χ1n) is 6.41. The van der Waals surface area contributed by atoms with Gasteiger partial charge in [-0.2, -0.15) is 0 Å². The molecular formula is C13H18ClN3. The fraction of sp³-hybridized carbons (Fsp3) is 0.692. The summed E-state index contributed by atoms with van der Waals surface area (Å²) in [5.74, 6) is 3.58. The van der Waals surface area contributed by atoms with Gasteiger partial charge in [0.1, 0.15) is 16.8 Å². The van der Waals surface area contributed by atoms with E-state index in [2.05, 4.69) is 14.9 Å². The van der Waals surface area contributed by atoms with Gasteiger partial charge in [-0.05, 0) is 38.5 Å². The number of anilines is 1. The molecule has 17 heavy (non-hydrogen) atoms. The molecule has 0 aromatic carbocycles. The first kappa shape index (κ1) is 11.3. The van der Waals surface area contributed by atoms with Gasteiger partial charge in [-0.3, -0.25) is 0 Å². The molecule has 4 heteroatoms. The highest BCUT2D eigenvalue weighted by molar-refractivity contribution is 6.30. The molecule has 1 saturated carbocycles. The number of nitrogens with zero attached hydrogens (tertiary/aromatic N) is 3. The van der Waals surface area contributed by atoms with Crippen LogP contribution in [-0.4, -0.2) is 23.1 Å². The SMILES string of the molecule is Cc1nc(Cl)c(C)c(N2CC3CCCC3C2)n1. The van der Waals surface area contributed by atoms with Crippen molar-refractivity contribution in [1.82, 2.24) is 9.97 Å². The van der Waals surface area contributed by atoms with E-state index in [-0.39, 0.29) is 0 Å². The molecule has 3 nitrogen and oxygen atoms in total. The quantitative estimate of drug-likeness (QED) is 0.719. The second kappa shape index (κ2) is 4.13. The average Bonchev–Trinajstić information content (AvgIpc) is 2.83. The highest BCUT2D eigenvalue weighted by Gasteiger charge is 2.37. The molecule has 0 spiro atoms. The van der Waals surface area contributed by atoms with Gasteiger partial charge in [0.15, 0.2) is 0 Å². The van der Waals surface area contributed by atoms with E-state index in [1.807, 2.05) is 13.8 Å². The minimum Gasteiger partial charge on any atom is -0.356 e. The lowest BCUT2D eigenvalue weighted by molar-refractivity contribution is 0.494. The van der Waals surface area contributed by atoms with E-state index in [0.29, 0.717) is 5.15 Å². The summed E-state index contributed by atoms with van der Waals surface area (Å²) in [5, 5.41) is 0.601. The van der Waals surface area contributed by atoms with Crippen LogP contribution in [0.15, 0.2) is 0 Å². The normalized spacial score (nSPS) is 27.6. The molecule has 2 unspecified atom stereocenters. The summed E-state index contributed by atoms with van der Waals surface area (Å²) in [5.41, 5.74) is 1.03. The number of hydrogen-bond acceptors (Lipinski definition) is 3. The maximum Gasteiger partial charge on any atom is 0.137 e. The predicted octanol–water partition coefficient (Wildman–Crippen LogP) is 2.98. The molecule has 1 aliphatic carbocycles. The van der Waals surface area contributed by atoms with Crippen LogP contribution in [0.2, 0.25) is 5.15 Å². The van der Waals surface area contributed by atoms with Crippen LogP contribution in [0.3, 0.4) is 0 Å². The molecular weight excluding hydrogens is 234 g/mol. The van der Waals surface area contributed by atoms with Crippen LogP contribution in [0.5, 0.6) is 0 Å². The van der Waals surface area contributed by atoms with Crippen LogP contribution in [0.4, 0.5) is 5.82 Å². The Morgan fingerprint density at radius 2 is 1.76 bits per heavy atom. The Morgan fingerprint density at radius 1 is 1.12 bits per heavy atom. The first-order valence-corrected chi connectivity index (χ1v) is 6.78. The van der Waals surface area contributed by atoms with Crippen molar-refractivity contribution in [3.8, 4) is 0 Å². The Labute approximate surface area is 107 Å². The topological polar surface area (TPSA) is 29.0 Å². The fourth-order valence-electron chi connectivity index (χ4n) is 3.30. The summed E-state index contributed by atoms with van der Waals surface area (Å²) in [6.45, 7) is 6.23. The van der Waals surface area contributed by atoms with E-state index in [9.17, 15) is 0 Å². The zero-order chi connectivity index (χ0) is 12.0. The summed E-state index contributed by atoms with van der Waals surface area (Å²) in [6.07, 6.45) is 4.18. The van der Waals surface area contributed by atoms with E-state index in [4.69, 9.17) is 11.6 Å². The summed E-state index contributed by atoms with van der Waals surface area (Å²) in [6, 6.07) is 0. The van der Waals surface area contributed by atoms with E-state index < -0.39 is 0 Å². The molecule has 1 aliphatic heterocycles. The molecule has 2 heterocycles. The number of aryl methyl sites for hydroxylation is 1. The fourth-order valence-corrected chi connectivity index (χ4v) is 3.50. The highest BCUT2D eigenvalue weighted by atomic mass is 35.5. The number of hydrogen-bond donors (Lipinski definition) is 0. The minimum absolute atomic E-state index is 0.601. The number of aromatic nitrogens is 2. The van der Waals surface area contributed by atoms with Crippen LogP contribution < -0.4 is 4.90 Å². The van der Waals surface area contributed by atoms with Gasteiger partial charge >= 0.3 is 0 Å². The Morgan fingerprint density at radius 3 is 2.41 bits per heavy atom. The van der Waals surface area contributed by atoms with Crippen molar-refractivity contribution in [1.29, 1.82) is 0 Å². The molecule has 1 aromatic heterocycles. The second-order valence-electron chi connectivity index (χ2n) is 5.37. The molecule has 2 aliphatic rings. The predicted molar refractivity (Wildman–Crippen MR) is 69.6 cm³/mol. The minimum atomic E-state index is 0.601. The van der Waals surface area contributed by atoms with Gasteiger partial charge in [0.2, 0.25) is 0 Å². The van der Waals surface area contributed by atoms with Gasteiger partial charge in [-0.15, -0.1) is 0 Å². The largest absolute Gasteiger partial charge is 0.356 e. The zero-order valence-corrected chi connectivity index (χ0v) is 11.2. The molecule has 92 valence electrons. The smallest absolute Gasteiger partial charge is 0.137 e. The zero-order valence-electron chi connectivity index (χ0n) is 10.4. The van der Waals surface area contributed by atoms with Gasteiger partial charge < -0.3 is 4.90 Å². The van der Waals surface area contributed by atoms with Crippen molar-refractivity contribution in [3.63, 3.8) is 0 Å². The standard InChI is InChI=1S/C13H18ClN3/c1-8-12(14)15-9(2)16-13(8)17-6-10-4-3-5-11(10)7-17/h10-11H,3-7H2,1-2H3. The van der Waals surface area contributed by atoms with Crippen molar-refractivity contribution < 1.29 is 0 Å². The lowest BCUT2D eigenvalue weighted by atomic mass is 10.0. The Bertz CT molecular complexity index is 435. The summed E-state index contributed by atoms with van der Waals surface area (Å²) < 4.78 is 0. The number of rotatable bonds is 1. The summed E-state index contributed by atoms with van der Waals surface area (Å²) in [7, 11) is 0. The second-order valence-corrected chi connectivity index (χ2v) is 5.72. The van der Waals surface area contributed by atoms with Gasteiger partial charge in [-0.1, -0.05) is 18.0 Å². The van der Waals surface area contributed by atoms with Crippen molar-refractivity contribution in [2.45, 2.75) is 33.1 Å². The molecule has 0 bridgehead atoms. The van der Waals surface area contributed by atoms with Crippen LogP contribution >= 0.6 is 11.6 Å². The van der Waals surface area contributed by atoms with Crippen molar-refractivity contribution in [2.75, 3.05) is 18.0 Å². The average molecular weight is 252 g/mol.